The van der Waals surface area contributed by atoms with Crippen molar-refractivity contribution in [2.75, 3.05) is 0 Å². The molecule has 0 saturated carbocycles. The van der Waals surface area contributed by atoms with Crippen LogP contribution in [0.15, 0.2) is 71.1 Å². The minimum atomic E-state index is 0.580. The fourth-order valence-corrected chi connectivity index (χ4v) is 2.67. The van der Waals surface area contributed by atoms with Gasteiger partial charge in [0, 0.05) is 16.3 Å². The highest BCUT2D eigenvalue weighted by atomic mass is 16.3. The third-order valence-corrected chi connectivity index (χ3v) is 3.78. The smallest absolute Gasteiger partial charge is 0.151 e. The van der Waals surface area contributed by atoms with Crippen molar-refractivity contribution >= 4 is 21.9 Å². The Morgan fingerprint density at radius 2 is 1.30 bits per heavy atom. The predicted octanol–water partition coefficient (Wildman–Crippen LogP) is 4.86. The van der Waals surface area contributed by atoms with Gasteiger partial charge in [0.1, 0.15) is 11.7 Å². The van der Waals surface area contributed by atoms with E-state index in [9.17, 15) is 0 Å². The molecule has 0 unspecified atom stereocenters. The number of nitriles is 1. The zero-order valence-electron chi connectivity index (χ0n) is 12.2. The van der Waals surface area contributed by atoms with E-state index >= 15 is 0 Å². The highest BCUT2D eigenvalue weighted by molar-refractivity contribution is 6.06. The van der Waals surface area contributed by atoms with Gasteiger partial charge in [0.2, 0.25) is 0 Å². The Balaban J connectivity index is 1.91. The number of para-hydroxylation sites is 2. The molecule has 1 heterocycles. The Bertz CT molecular complexity index is 1130. The van der Waals surface area contributed by atoms with Gasteiger partial charge in [0.25, 0.3) is 0 Å². The second kappa shape index (κ2) is 5.37. The molecular weight excluding hydrogens is 282 g/mol. The fraction of sp³-hybridized carbons (Fsp3) is 0. The predicted molar refractivity (Wildman–Crippen MR) is 90.9 cm³/mol. The van der Waals surface area contributed by atoms with E-state index in [0.29, 0.717) is 5.56 Å². The first-order chi connectivity index (χ1) is 11.4. The van der Waals surface area contributed by atoms with Gasteiger partial charge in [-0.25, -0.2) is 0 Å². The maximum absolute atomic E-state index is 9.15. The molecule has 0 N–H and O–H groups in total. The van der Waals surface area contributed by atoms with Crippen LogP contribution in [0.4, 0.5) is 0 Å². The fourth-order valence-electron chi connectivity index (χ4n) is 2.67. The monoisotopic (exact) mass is 293 g/mol. The molecule has 2 nitrogen and oxygen atoms in total. The largest absolute Gasteiger partial charge is 0.455 e. The van der Waals surface area contributed by atoms with Crippen LogP contribution in [-0.2, 0) is 0 Å². The van der Waals surface area contributed by atoms with E-state index in [-0.39, 0.29) is 0 Å². The molecule has 4 rings (SSSR count). The van der Waals surface area contributed by atoms with Crippen LogP contribution in [0.3, 0.4) is 0 Å². The van der Waals surface area contributed by atoms with Crippen molar-refractivity contribution in [2.45, 2.75) is 0 Å². The molecule has 0 amide bonds. The lowest BCUT2D eigenvalue weighted by Crippen LogP contribution is -1.82. The molecule has 0 saturated heterocycles. The number of nitrogens with zero attached hydrogens (tertiary/aromatic N) is 1. The van der Waals surface area contributed by atoms with Crippen LogP contribution in [0.2, 0.25) is 0 Å². The zero-order chi connectivity index (χ0) is 15.6. The number of furan rings is 1. The number of hydrogen-bond donors (Lipinski definition) is 0. The summed E-state index contributed by atoms with van der Waals surface area (Å²) in [6, 6.07) is 23.4. The summed E-state index contributed by atoms with van der Waals surface area (Å²) in [6.07, 6.45) is 0. The van der Waals surface area contributed by atoms with Gasteiger partial charge in [0.15, 0.2) is 5.58 Å². The maximum Gasteiger partial charge on any atom is 0.151 e. The minimum Gasteiger partial charge on any atom is -0.455 e. The second-order valence-electron chi connectivity index (χ2n) is 5.19. The third kappa shape index (κ3) is 2.24. The first kappa shape index (κ1) is 13.2. The van der Waals surface area contributed by atoms with Crippen LogP contribution < -0.4 is 0 Å². The Morgan fingerprint density at radius 3 is 2.17 bits per heavy atom. The molecule has 2 heteroatoms. The normalized spacial score (nSPS) is 10.2. The Labute approximate surface area is 133 Å². The highest BCUT2D eigenvalue weighted by Gasteiger charge is 2.08. The Morgan fingerprint density at radius 1 is 0.652 bits per heavy atom. The van der Waals surface area contributed by atoms with Gasteiger partial charge < -0.3 is 4.42 Å². The summed E-state index contributed by atoms with van der Waals surface area (Å²) < 4.78 is 5.96. The molecule has 0 aliphatic heterocycles. The first-order valence-electron chi connectivity index (χ1n) is 7.28. The molecule has 1 aromatic heterocycles. The summed E-state index contributed by atoms with van der Waals surface area (Å²) in [5, 5.41) is 11.3. The first-order valence-corrected chi connectivity index (χ1v) is 7.28. The molecule has 4 aromatic rings. The van der Waals surface area contributed by atoms with Crippen LogP contribution >= 0.6 is 0 Å². The maximum atomic E-state index is 9.15. The molecule has 3 aromatic carbocycles. The molecule has 0 fully saturated rings. The van der Waals surface area contributed by atoms with Crippen molar-refractivity contribution in [1.82, 2.24) is 0 Å². The van der Waals surface area contributed by atoms with Crippen LogP contribution in [0.1, 0.15) is 16.7 Å². The Kier molecular flexibility index (Phi) is 3.08. The van der Waals surface area contributed by atoms with Crippen molar-refractivity contribution in [1.29, 1.82) is 5.26 Å². The summed E-state index contributed by atoms with van der Waals surface area (Å²) in [5.41, 5.74) is 3.77. The van der Waals surface area contributed by atoms with E-state index in [1.54, 1.807) is 6.07 Å². The molecule has 0 aliphatic rings. The third-order valence-electron chi connectivity index (χ3n) is 3.78. The summed E-state index contributed by atoms with van der Waals surface area (Å²) >= 11 is 0. The molecule has 0 atom stereocenters. The minimum absolute atomic E-state index is 0.580. The summed E-state index contributed by atoms with van der Waals surface area (Å²) in [4.78, 5) is 0. The topological polar surface area (TPSA) is 36.9 Å². The van der Waals surface area contributed by atoms with Gasteiger partial charge in [-0.3, -0.25) is 0 Å². The van der Waals surface area contributed by atoms with Crippen molar-refractivity contribution in [3.05, 3.63) is 83.4 Å². The number of fused-ring (bicyclic) bond motifs is 3. The average Bonchev–Trinajstić information content (AvgIpc) is 2.99. The van der Waals surface area contributed by atoms with E-state index in [1.165, 1.54) is 0 Å². The SMILES string of the molecule is N#Cc1ccccc1C#Cc1cccc2c1oc1ccccc12. The van der Waals surface area contributed by atoms with Crippen LogP contribution in [-0.4, -0.2) is 0 Å². The molecular formula is C21H11NO. The van der Waals surface area contributed by atoms with Crippen molar-refractivity contribution in [3.63, 3.8) is 0 Å². The summed E-state index contributed by atoms with van der Waals surface area (Å²) in [6.45, 7) is 0. The second-order valence-corrected chi connectivity index (χ2v) is 5.19. The van der Waals surface area contributed by atoms with Gasteiger partial charge >= 0.3 is 0 Å². The standard InChI is InChI=1S/C21H11NO/c22-14-17-7-2-1-6-15(17)12-13-16-8-5-10-19-18-9-3-4-11-20(18)23-21(16)19/h1-11H. The number of hydrogen-bond acceptors (Lipinski definition) is 2. The molecule has 0 spiro atoms. The average molecular weight is 293 g/mol. The van der Waals surface area contributed by atoms with Crippen molar-refractivity contribution in [3.8, 4) is 17.9 Å². The number of rotatable bonds is 0. The Hall–Kier alpha value is -3.49. The van der Waals surface area contributed by atoms with Gasteiger partial charge in [-0.1, -0.05) is 54.3 Å². The summed E-state index contributed by atoms with van der Waals surface area (Å²) in [5.74, 6) is 6.23. The molecule has 23 heavy (non-hydrogen) atoms. The molecule has 0 bridgehead atoms. The highest BCUT2D eigenvalue weighted by Crippen LogP contribution is 2.30. The summed E-state index contributed by atoms with van der Waals surface area (Å²) in [7, 11) is 0. The van der Waals surface area contributed by atoms with E-state index < -0.39 is 0 Å². The van der Waals surface area contributed by atoms with Gasteiger partial charge in [-0.05, 0) is 24.3 Å². The van der Waals surface area contributed by atoms with E-state index in [1.807, 2.05) is 60.7 Å². The quantitative estimate of drug-likeness (QED) is 0.434. The van der Waals surface area contributed by atoms with Gasteiger partial charge in [0.05, 0.1) is 11.1 Å². The van der Waals surface area contributed by atoms with Gasteiger partial charge in [-0.2, -0.15) is 5.26 Å². The van der Waals surface area contributed by atoms with Crippen molar-refractivity contribution in [2.24, 2.45) is 0 Å². The lowest BCUT2D eigenvalue weighted by atomic mass is 10.1. The lowest BCUT2D eigenvalue weighted by Gasteiger charge is -1.94. The van der Waals surface area contributed by atoms with E-state index in [4.69, 9.17) is 9.68 Å². The van der Waals surface area contributed by atoms with Crippen LogP contribution in [0.25, 0.3) is 21.9 Å². The lowest BCUT2D eigenvalue weighted by molar-refractivity contribution is 0.668. The van der Waals surface area contributed by atoms with Crippen LogP contribution in [0, 0.1) is 23.2 Å². The zero-order valence-corrected chi connectivity index (χ0v) is 12.2. The van der Waals surface area contributed by atoms with E-state index in [0.717, 1.165) is 33.1 Å². The number of benzene rings is 3. The molecule has 106 valence electrons. The molecule has 0 aliphatic carbocycles. The van der Waals surface area contributed by atoms with E-state index in [2.05, 4.69) is 17.9 Å². The van der Waals surface area contributed by atoms with Crippen LogP contribution in [0.5, 0.6) is 0 Å². The molecule has 0 radical (unpaired) electrons. The van der Waals surface area contributed by atoms with Gasteiger partial charge in [-0.15, -0.1) is 0 Å². The van der Waals surface area contributed by atoms with Crippen molar-refractivity contribution < 1.29 is 4.42 Å².